The van der Waals surface area contributed by atoms with Crippen LogP contribution in [0, 0.1) is 0 Å². The Morgan fingerprint density at radius 2 is 2.40 bits per heavy atom. The zero-order chi connectivity index (χ0) is 7.61. The van der Waals surface area contributed by atoms with E-state index in [4.69, 9.17) is 5.73 Å². The molecule has 0 aromatic carbocycles. The van der Waals surface area contributed by atoms with Gasteiger partial charge in [0.15, 0.2) is 0 Å². The van der Waals surface area contributed by atoms with Crippen LogP contribution in [0.15, 0.2) is 0 Å². The van der Waals surface area contributed by atoms with Crippen LogP contribution in [0.1, 0.15) is 19.8 Å². The van der Waals surface area contributed by atoms with Gasteiger partial charge in [-0.05, 0) is 19.8 Å². The molecule has 0 aromatic rings. The lowest BCUT2D eigenvalue weighted by molar-refractivity contribution is -0.135. The number of hydroxylamine groups is 1. The molecular formula is C6H12N2O2. The Morgan fingerprint density at radius 1 is 1.80 bits per heavy atom. The van der Waals surface area contributed by atoms with Crippen LogP contribution in [0.25, 0.3) is 0 Å². The van der Waals surface area contributed by atoms with Crippen LogP contribution in [0.3, 0.4) is 0 Å². The molecule has 0 unspecified atom stereocenters. The van der Waals surface area contributed by atoms with Crippen molar-refractivity contribution >= 4 is 5.91 Å². The maximum Gasteiger partial charge on any atom is 0.263 e. The number of carbonyl (C=O) groups is 1. The third-order valence-corrected chi connectivity index (χ3v) is 1.55. The highest BCUT2D eigenvalue weighted by molar-refractivity contribution is 5.88. The normalized spacial score (nSPS) is 20.2. The molecule has 0 aliphatic heterocycles. The molecule has 0 atom stereocenters. The van der Waals surface area contributed by atoms with Crippen molar-refractivity contribution < 1.29 is 9.63 Å². The molecule has 0 saturated heterocycles. The number of nitrogens with two attached hydrogens (primary N) is 1. The second-order valence-electron chi connectivity index (χ2n) is 2.52. The fourth-order valence-electron chi connectivity index (χ4n) is 0.601. The van der Waals surface area contributed by atoms with E-state index in [2.05, 4.69) is 10.3 Å². The smallest absolute Gasteiger partial charge is 0.263 e. The van der Waals surface area contributed by atoms with E-state index < -0.39 is 5.54 Å². The Labute approximate surface area is 59.7 Å². The summed E-state index contributed by atoms with van der Waals surface area (Å²) >= 11 is 0. The van der Waals surface area contributed by atoms with Crippen LogP contribution in [-0.2, 0) is 9.63 Å². The van der Waals surface area contributed by atoms with Crippen molar-refractivity contribution in [1.29, 1.82) is 0 Å². The minimum atomic E-state index is -0.616. The average Bonchev–Trinajstić information content (AvgIpc) is 2.64. The van der Waals surface area contributed by atoms with Crippen molar-refractivity contribution in [2.75, 3.05) is 6.61 Å². The van der Waals surface area contributed by atoms with Gasteiger partial charge < -0.3 is 5.73 Å². The van der Waals surface area contributed by atoms with Gasteiger partial charge in [0.2, 0.25) is 0 Å². The van der Waals surface area contributed by atoms with Gasteiger partial charge in [-0.3, -0.25) is 9.63 Å². The molecule has 1 aliphatic carbocycles. The highest BCUT2D eigenvalue weighted by Crippen LogP contribution is 2.31. The van der Waals surface area contributed by atoms with Gasteiger partial charge in [0.1, 0.15) is 0 Å². The molecule has 0 spiro atoms. The van der Waals surface area contributed by atoms with E-state index in [1.54, 1.807) is 6.92 Å². The first-order chi connectivity index (χ1) is 4.69. The molecule has 4 heteroatoms. The van der Waals surface area contributed by atoms with Gasteiger partial charge in [-0.1, -0.05) is 0 Å². The van der Waals surface area contributed by atoms with E-state index in [1.807, 2.05) is 0 Å². The fourth-order valence-corrected chi connectivity index (χ4v) is 0.601. The van der Waals surface area contributed by atoms with Crippen molar-refractivity contribution in [2.24, 2.45) is 5.73 Å². The first-order valence-electron chi connectivity index (χ1n) is 3.40. The first kappa shape index (κ1) is 7.50. The summed E-state index contributed by atoms with van der Waals surface area (Å²) in [5, 5.41) is 0. The molecule has 1 rings (SSSR count). The second kappa shape index (κ2) is 2.56. The summed E-state index contributed by atoms with van der Waals surface area (Å²) in [6, 6.07) is 0. The van der Waals surface area contributed by atoms with Gasteiger partial charge in [-0.15, -0.1) is 0 Å². The number of hydrogen-bond acceptors (Lipinski definition) is 3. The molecule has 1 amide bonds. The zero-order valence-electron chi connectivity index (χ0n) is 6.02. The van der Waals surface area contributed by atoms with E-state index in [0.29, 0.717) is 6.61 Å². The summed E-state index contributed by atoms with van der Waals surface area (Å²) in [5.74, 6) is -0.200. The van der Waals surface area contributed by atoms with Crippen LogP contribution in [0.2, 0.25) is 0 Å². The van der Waals surface area contributed by atoms with Crippen molar-refractivity contribution in [2.45, 2.75) is 25.3 Å². The molecule has 3 N–H and O–H groups in total. The van der Waals surface area contributed by atoms with E-state index in [-0.39, 0.29) is 5.91 Å². The summed E-state index contributed by atoms with van der Waals surface area (Å²) in [4.78, 5) is 15.6. The summed E-state index contributed by atoms with van der Waals surface area (Å²) in [5.41, 5.74) is 7.19. The fraction of sp³-hybridized carbons (Fsp3) is 0.833. The third-order valence-electron chi connectivity index (χ3n) is 1.55. The quantitative estimate of drug-likeness (QED) is 0.527. The molecule has 0 radical (unpaired) electrons. The SMILES string of the molecule is CCONC(=O)C1(N)CC1. The molecule has 0 heterocycles. The van der Waals surface area contributed by atoms with Crippen LogP contribution in [-0.4, -0.2) is 18.1 Å². The molecule has 1 fully saturated rings. The third kappa shape index (κ3) is 1.46. The highest BCUT2D eigenvalue weighted by atomic mass is 16.6. The van der Waals surface area contributed by atoms with Gasteiger partial charge in [0.25, 0.3) is 5.91 Å². The van der Waals surface area contributed by atoms with Crippen LogP contribution in [0.5, 0.6) is 0 Å². The number of amides is 1. The number of nitrogens with one attached hydrogen (secondary N) is 1. The largest absolute Gasteiger partial charge is 0.317 e. The molecule has 0 bridgehead atoms. The molecule has 58 valence electrons. The lowest BCUT2D eigenvalue weighted by Crippen LogP contribution is -2.42. The van der Waals surface area contributed by atoms with Crippen molar-refractivity contribution in [3.05, 3.63) is 0 Å². The first-order valence-corrected chi connectivity index (χ1v) is 3.40. The Bertz CT molecular complexity index is 143. The van der Waals surface area contributed by atoms with Crippen molar-refractivity contribution in [3.63, 3.8) is 0 Å². The Balaban J connectivity index is 2.22. The summed E-state index contributed by atoms with van der Waals surface area (Å²) in [6.07, 6.45) is 1.54. The number of carbonyl (C=O) groups excluding carboxylic acids is 1. The Hall–Kier alpha value is -0.610. The number of hydrogen-bond donors (Lipinski definition) is 2. The summed E-state index contributed by atoms with van der Waals surface area (Å²) in [6.45, 7) is 2.28. The lowest BCUT2D eigenvalue weighted by atomic mass is 10.3. The average molecular weight is 144 g/mol. The lowest BCUT2D eigenvalue weighted by Gasteiger charge is -2.07. The van der Waals surface area contributed by atoms with Gasteiger partial charge in [0, 0.05) is 0 Å². The van der Waals surface area contributed by atoms with Gasteiger partial charge in [-0.25, -0.2) is 5.48 Å². The molecule has 1 saturated carbocycles. The standard InChI is InChI=1S/C6H12N2O2/c1-2-10-8-5(9)6(7)3-4-6/h2-4,7H2,1H3,(H,8,9). The van der Waals surface area contributed by atoms with Crippen LogP contribution in [0.4, 0.5) is 0 Å². The Kier molecular flexibility index (Phi) is 1.92. The van der Waals surface area contributed by atoms with E-state index in [0.717, 1.165) is 12.8 Å². The predicted octanol–water partition coefficient (Wildman–Crippen LogP) is -0.455. The maximum atomic E-state index is 10.9. The molecule has 4 nitrogen and oxygen atoms in total. The molecule has 10 heavy (non-hydrogen) atoms. The minimum absolute atomic E-state index is 0.200. The van der Waals surface area contributed by atoms with Gasteiger partial charge in [-0.2, -0.15) is 0 Å². The molecule has 0 aromatic heterocycles. The predicted molar refractivity (Wildman–Crippen MR) is 35.9 cm³/mol. The highest BCUT2D eigenvalue weighted by Gasteiger charge is 2.46. The van der Waals surface area contributed by atoms with Crippen molar-refractivity contribution in [1.82, 2.24) is 5.48 Å². The topological polar surface area (TPSA) is 64.3 Å². The maximum absolute atomic E-state index is 10.9. The number of rotatable bonds is 3. The van der Waals surface area contributed by atoms with E-state index in [1.165, 1.54) is 0 Å². The zero-order valence-corrected chi connectivity index (χ0v) is 6.02. The monoisotopic (exact) mass is 144 g/mol. The summed E-state index contributed by atoms with van der Waals surface area (Å²) < 4.78 is 0. The van der Waals surface area contributed by atoms with Crippen LogP contribution >= 0.6 is 0 Å². The second-order valence-corrected chi connectivity index (χ2v) is 2.52. The van der Waals surface area contributed by atoms with Gasteiger partial charge >= 0.3 is 0 Å². The van der Waals surface area contributed by atoms with Gasteiger partial charge in [0.05, 0.1) is 12.1 Å². The minimum Gasteiger partial charge on any atom is -0.317 e. The summed E-state index contributed by atoms with van der Waals surface area (Å²) in [7, 11) is 0. The van der Waals surface area contributed by atoms with E-state index in [9.17, 15) is 4.79 Å². The van der Waals surface area contributed by atoms with E-state index >= 15 is 0 Å². The molecule has 1 aliphatic rings. The molecular weight excluding hydrogens is 132 g/mol. The van der Waals surface area contributed by atoms with Crippen LogP contribution < -0.4 is 11.2 Å². The van der Waals surface area contributed by atoms with Crippen molar-refractivity contribution in [3.8, 4) is 0 Å². The Morgan fingerprint density at radius 3 is 2.80 bits per heavy atom.